The van der Waals surface area contributed by atoms with Crippen LogP contribution in [0.25, 0.3) is 0 Å². The van der Waals surface area contributed by atoms with Crippen LogP contribution in [0.4, 0.5) is 0 Å². The number of carbonyl (C=O) groups is 1. The molecular formula is C17H25N3OS. The lowest BCUT2D eigenvalue weighted by molar-refractivity contribution is -0.142. The highest BCUT2D eigenvalue weighted by molar-refractivity contribution is 8.00. The third kappa shape index (κ3) is 2.41. The van der Waals surface area contributed by atoms with Gasteiger partial charge < -0.3 is 0 Å². The monoisotopic (exact) mass is 319 g/mol. The Morgan fingerprint density at radius 3 is 2.36 bits per heavy atom. The van der Waals surface area contributed by atoms with Gasteiger partial charge >= 0.3 is 0 Å². The molecule has 22 heavy (non-hydrogen) atoms. The van der Waals surface area contributed by atoms with E-state index in [4.69, 9.17) is 0 Å². The summed E-state index contributed by atoms with van der Waals surface area (Å²) in [7, 11) is 0. The summed E-state index contributed by atoms with van der Waals surface area (Å²) >= 11 is 1.53. The minimum Gasteiger partial charge on any atom is -0.298 e. The van der Waals surface area contributed by atoms with Gasteiger partial charge in [0.2, 0.25) is 5.16 Å². The second-order valence-corrected chi connectivity index (χ2v) is 9.05. The van der Waals surface area contributed by atoms with Crippen LogP contribution in [0, 0.1) is 23.2 Å². The van der Waals surface area contributed by atoms with Gasteiger partial charge in [0, 0.05) is 11.8 Å². The van der Waals surface area contributed by atoms with E-state index in [-0.39, 0.29) is 10.7 Å². The number of ketones is 1. The van der Waals surface area contributed by atoms with Gasteiger partial charge in [-0.25, -0.2) is 4.98 Å². The van der Waals surface area contributed by atoms with Crippen LogP contribution in [0.1, 0.15) is 58.2 Å². The Kier molecular flexibility index (Phi) is 3.59. The number of aromatic nitrogens is 3. The van der Waals surface area contributed by atoms with Gasteiger partial charge in [0.05, 0.1) is 5.25 Å². The molecule has 1 aromatic heterocycles. The Balaban J connectivity index is 1.48. The van der Waals surface area contributed by atoms with E-state index in [1.807, 2.05) is 6.92 Å². The van der Waals surface area contributed by atoms with Crippen molar-refractivity contribution in [3.05, 3.63) is 5.82 Å². The van der Waals surface area contributed by atoms with Gasteiger partial charge in [-0.05, 0) is 63.2 Å². The van der Waals surface area contributed by atoms with E-state index in [1.165, 1.54) is 31.0 Å². The van der Waals surface area contributed by atoms with E-state index < -0.39 is 0 Å². The molecule has 1 aromatic rings. The summed E-state index contributed by atoms with van der Waals surface area (Å²) in [6, 6.07) is 0. The van der Waals surface area contributed by atoms with Crippen LogP contribution >= 0.6 is 11.8 Å². The first kappa shape index (κ1) is 14.7. The Morgan fingerprint density at radius 2 is 1.86 bits per heavy atom. The van der Waals surface area contributed by atoms with Crippen LogP contribution in [-0.4, -0.2) is 26.2 Å². The van der Waals surface area contributed by atoms with Crippen molar-refractivity contribution in [2.45, 2.75) is 69.2 Å². The fourth-order valence-corrected chi connectivity index (χ4v) is 6.48. The molecule has 4 saturated carbocycles. The minimum atomic E-state index is -0.0308. The Bertz CT molecular complexity index is 547. The van der Waals surface area contributed by atoms with Gasteiger partial charge in [0.15, 0.2) is 5.78 Å². The summed E-state index contributed by atoms with van der Waals surface area (Å²) in [5.74, 6) is 3.84. The largest absolute Gasteiger partial charge is 0.298 e. The smallest absolute Gasteiger partial charge is 0.209 e. The number of rotatable bonds is 5. The zero-order chi connectivity index (χ0) is 15.3. The molecule has 0 aliphatic heterocycles. The molecule has 0 spiro atoms. The van der Waals surface area contributed by atoms with E-state index in [9.17, 15) is 4.79 Å². The van der Waals surface area contributed by atoms with E-state index in [1.54, 1.807) is 0 Å². The molecule has 4 aliphatic carbocycles. The number of hydrogen-bond donors (Lipinski definition) is 1. The van der Waals surface area contributed by atoms with Gasteiger partial charge in [0.25, 0.3) is 0 Å². The third-order valence-electron chi connectivity index (χ3n) is 6.06. The van der Waals surface area contributed by atoms with Crippen molar-refractivity contribution in [2.75, 3.05) is 0 Å². The van der Waals surface area contributed by atoms with Gasteiger partial charge in [0.1, 0.15) is 5.82 Å². The number of nitrogens with zero attached hydrogens (tertiary/aromatic N) is 2. The lowest BCUT2D eigenvalue weighted by atomic mass is 9.48. The van der Waals surface area contributed by atoms with Gasteiger partial charge in [-0.1, -0.05) is 18.7 Å². The molecule has 1 unspecified atom stereocenters. The van der Waals surface area contributed by atoms with E-state index in [2.05, 4.69) is 22.1 Å². The van der Waals surface area contributed by atoms with Crippen molar-refractivity contribution >= 4 is 17.5 Å². The Hall–Kier alpha value is -0.840. The van der Waals surface area contributed by atoms with E-state index >= 15 is 0 Å². The predicted octanol–water partition coefficient (Wildman–Crippen LogP) is 3.63. The first-order valence-electron chi connectivity index (χ1n) is 8.70. The second kappa shape index (κ2) is 5.36. The van der Waals surface area contributed by atoms with Crippen LogP contribution in [0.5, 0.6) is 0 Å². The molecule has 4 bridgehead atoms. The second-order valence-electron chi connectivity index (χ2n) is 7.74. The first-order chi connectivity index (χ1) is 10.6. The summed E-state index contributed by atoms with van der Waals surface area (Å²) < 4.78 is 0. The number of Topliss-reactive ketones (excluding diaryl/α,β-unsaturated/α-hetero) is 1. The van der Waals surface area contributed by atoms with Crippen molar-refractivity contribution in [2.24, 2.45) is 23.2 Å². The Labute approximate surface area is 136 Å². The molecule has 4 nitrogen and oxygen atoms in total. The zero-order valence-corrected chi connectivity index (χ0v) is 14.3. The molecule has 1 heterocycles. The zero-order valence-electron chi connectivity index (χ0n) is 13.5. The average Bonchev–Trinajstić information content (AvgIpc) is 2.92. The van der Waals surface area contributed by atoms with Crippen molar-refractivity contribution in [1.29, 1.82) is 0 Å². The van der Waals surface area contributed by atoms with Crippen molar-refractivity contribution in [1.82, 2.24) is 15.2 Å². The number of thioether (sulfide) groups is 1. The van der Waals surface area contributed by atoms with E-state index in [0.29, 0.717) is 5.78 Å². The quantitative estimate of drug-likeness (QED) is 0.842. The van der Waals surface area contributed by atoms with Crippen molar-refractivity contribution in [3.8, 4) is 0 Å². The number of aryl methyl sites for hydroxylation is 1. The molecule has 0 radical (unpaired) electrons. The maximum Gasteiger partial charge on any atom is 0.209 e. The number of hydrogen-bond acceptors (Lipinski definition) is 4. The SMILES string of the molecule is CCc1nc(SC(C)C(=O)C23CC4CC(CC(C4)C2)C3)n[nH]1. The number of H-pyrrole nitrogens is 1. The molecule has 5 rings (SSSR count). The average molecular weight is 319 g/mol. The fourth-order valence-electron chi connectivity index (χ4n) is 5.54. The predicted molar refractivity (Wildman–Crippen MR) is 86.7 cm³/mol. The van der Waals surface area contributed by atoms with Crippen molar-refractivity contribution in [3.63, 3.8) is 0 Å². The molecule has 4 fully saturated rings. The molecule has 4 aliphatic rings. The molecule has 5 heteroatoms. The number of nitrogens with one attached hydrogen (secondary N) is 1. The maximum atomic E-state index is 13.2. The number of aromatic amines is 1. The van der Waals surface area contributed by atoms with Crippen LogP contribution in [0.15, 0.2) is 5.16 Å². The van der Waals surface area contributed by atoms with Crippen LogP contribution in [0.3, 0.4) is 0 Å². The van der Waals surface area contributed by atoms with Crippen LogP contribution in [-0.2, 0) is 11.2 Å². The molecule has 1 N–H and O–H groups in total. The highest BCUT2D eigenvalue weighted by atomic mass is 32.2. The minimum absolute atomic E-state index is 0.00887. The van der Waals surface area contributed by atoms with Gasteiger partial charge in [-0.2, -0.15) is 0 Å². The lowest BCUT2D eigenvalue weighted by Crippen LogP contribution is -2.51. The van der Waals surface area contributed by atoms with Crippen LogP contribution in [0.2, 0.25) is 0 Å². The standard InChI is InChI=1S/C17H25N3OS/c1-3-14-18-16(20-19-14)22-10(2)15(21)17-7-11-4-12(8-17)6-13(5-11)9-17/h10-13H,3-9H2,1-2H3,(H,18,19,20). The summed E-state index contributed by atoms with van der Waals surface area (Å²) in [5, 5.41) is 7.87. The summed E-state index contributed by atoms with van der Waals surface area (Å²) in [6.07, 6.45) is 8.45. The van der Waals surface area contributed by atoms with Crippen molar-refractivity contribution < 1.29 is 4.79 Å². The molecular weight excluding hydrogens is 294 g/mol. The summed E-state index contributed by atoms with van der Waals surface area (Å²) in [4.78, 5) is 17.6. The highest BCUT2D eigenvalue weighted by Gasteiger charge is 2.55. The lowest BCUT2D eigenvalue weighted by Gasteiger charge is -2.56. The summed E-state index contributed by atoms with van der Waals surface area (Å²) in [5.41, 5.74) is -0.00887. The number of carbonyl (C=O) groups excluding carboxylic acids is 1. The molecule has 120 valence electrons. The Morgan fingerprint density at radius 1 is 1.27 bits per heavy atom. The molecule has 1 atom stereocenters. The van der Waals surface area contributed by atoms with Gasteiger partial charge in [-0.3, -0.25) is 9.89 Å². The highest BCUT2D eigenvalue weighted by Crippen LogP contribution is 2.61. The summed E-state index contributed by atoms with van der Waals surface area (Å²) in [6.45, 7) is 4.10. The van der Waals surface area contributed by atoms with Crippen LogP contribution < -0.4 is 0 Å². The maximum absolute atomic E-state index is 13.2. The topological polar surface area (TPSA) is 58.6 Å². The molecule has 0 aromatic carbocycles. The third-order valence-corrected chi connectivity index (χ3v) is 7.02. The molecule has 0 saturated heterocycles. The van der Waals surface area contributed by atoms with E-state index in [0.717, 1.165) is 54.4 Å². The fraction of sp³-hybridized carbons (Fsp3) is 0.824. The van der Waals surface area contributed by atoms with Gasteiger partial charge in [-0.15, -0.1) is 5.10 Å². The first-order valence-corrected chi connectivity index (χ1v) is 9.58. The molecule has 0 amide bonds. The normalized spacial score (nSPS) is 37.5.